The second-order valence-corrected chi connectivity index (χ2v) is 3.72. The lowest BCUT2D eigenvalue weighted by atomic mass is 10.1. The van der Waals surface area contributed by atoms with E-state index in [9.17, 15) is 4.79 Å². The van der Waals surface area contributed by atoms with E-state index in [4.69, 9.17) is 5.11 Å². The lowest BCUT2D eigenvalue weighted by molar-refractivity contribution is 0.0781. The van der Waals surface area contributed by atoms with Crippen LogP contribution in [0.1, 0.15) is 16.8 Å². The summed E-state index contributed by atoms with van der Waals surface area (Å²) in [6, 6.07) is 0. The van der Waals surface area contributed by atoms with Crippen molar-refractivity contribution in [1.82, 2.24) is 14.9 Å². The number of aliphatic hydroxyl groups is 1. The Kier molecular flexibility index (Phi) is 2.91. The molecule has 1 aromatic heterocycles. The van der Waals surface area contributed by atoms with Crippen LogP contribution in [0, 0.1) is 5.92 Å². The first-order valence-corrected chi connectivity index (χ1v) is 4.96. The van der Waals surface area contributed by atoms with Crippen molar-refractivity contribution in [1.29, 1.82) is 0 Å². The van der Waals surface area contributed by atoms with Gasteiger partial charge < -0.3 is 10.0 Å². The Morgan fingerprint density at radius 3 is 2.87 bits per heavy atom. The van der Waals surface area contributed by atoms with Crippen molar-refractivity contribution in [3.05, 3.63) is 24.3 Å². The highest BCUT2D eigenvalue weighted by molar-refractivity contribution is 5.93. The van der Waals surface area contributed by atoms with E-state index < -0.39 is 0 Å². The summed E-state index contributed by atoms with van der Waals surface area (Å²) in [4.78, 5) is 21.2. The molecule has 2 rings (SSSR count). The lowest BCUT2D eigenvalue weighted by Gasteiger charge is -2.15. The van der Waals surface area contributed by atoms with Crippen molar-refractivity contribution in [2.24, 2.45) is 5.92 Å². The summed E-state index contributed by atoms with van der Waals surface area (Å²) in [5.41, 5.74) is 0.510. The van der Waals surface area contributed by atoms with E-state index in [0.717, 1.165) is 6.42 Å². The van der Waals surface area contributed by atoms with Crippen LogP contribution in [0.3, 0.4) is 0 Å². The molecule has 5 heteroatoms. The summed E-state index contributed by atoms with van der Waals surface area (Å²) in [5.74, 6) is 0.171. The fourth-order valence-electron chi connectivity index (χ4n) is 1.76. The van der Waals surface area contributed by atoms with Crippen molar-refractivity contribution in [3.63, 3.8) is 0 Å². The molecule has 1 N–H and O–H groups in total. The molecule has 1 fully saturated rings. The molecule has 0 radical (unpaired) electrons. The normalized spacial score (nSPS) is 20.6. The van der Waals surface area contributed by atoms with Crippen LogP contribution in [0.25, 0.3) is 0 Å². The number of hydrogen-bond acceptors (Lipinski definition) is 4. The van der Waals surface area contributed by atoms with Crippen molar-refractivity contribution in [2.75, 3.05) is 19.7 Å². The fourth-order valence-corrected chi connectivity index (χ4v) is 1.76. The molecule has 1 atom stereocenters. The van der Waals surface area contributed by atoms with Gasteiger partial charge in [0, 0.05) is 38.0 Å². The average molecular weight is 207 g/mol. The van der Waals surface area contributed by atoms with Gasteiger partial charge in [0.1, 0.15) is 6.33 Å². The Bertz CT molecular complexity index is 342. The molecule has 5 nitrogen and oxygen atoms in total. The lowest BCUT2D eigenvalue weighted by Crippen LogP contribution is -2.29. The minimum Gasteiger partial charge on any atom is -0.396 e. The van der Waals surface area contributed by atoms with E-state index >= 15 is 0 Å². The Balaban J connectivity index is 2.04. The molecule has 0 saturated carbocycles. The molecule has 1 saturated heterocycles. The molecular weight excluding hydrogens is 194 g/mol. The van der Waals surface area contributed by atoms with E-state index in [0.29, 0.717) is 18.7 Å². The van der Waals surface area contributed by atoms with Crippen LogP contribution in [0.5, 0.6) is 0 Å². The third kappa shape index (κ3) is 2.12. The highest BCUT2D eigenvalue weighted by atomic mass is 16.3. The van der Waals surface area contributed by atoms with Gasteiger partial charge in [-0.2, -0.15) is 0 Å². The predicted molar refractivity (Wildman–Crippen MR) is 53.1 cm³/mol. The molecule has 0 bridgehead atoms. The number of aromatic nitrogens is 2. The molecule has 0 spiro atoms. The highest BCUT2D eigenvalue weighted by Crippen LogP contribution is 2.17. The van der Waals surface area contributed by atoms with Gasteiger partial charge in [0.15, 0.2) is 0 Å². The minimum atomic E-state index is -0.0495. The zero-order chi connectivity index (χ0) is 10.7. The highest BCUT2D eigenvalue weighted by Gasteiger charge is 2.26. The largest absolute Gasteiger partial charge is 0.396 e. The second kappa shape index (κ2) is 4.35. The van der Waals surface area contributed by atoms with Gasteiger partial charge in [-0.15, -0.1) is 0 Å². The van der Waals surface area contributed by atoms with Crippen LogP contribution in [-0.2, 0) is 0 Å². The number of carbonyl (C=O) groups is 1. The number of amides is 1. The number of carbonyl (C=O) groups excluding carboxylic acids is 1. The monoisotopic (exact) mass is 207 g/mol. The second-order valence-electron chi connectivity index (χ2n) is 3.72. The first-order valence-electron chi connectivity index (χ1n) is 4.96. The van der Waals surface area contributed by atoms with Gasteiger partial charge in [0.05, 0.1) is 5.56 Å². The smallest absolute Gasteiger partial charge is 0.257 e. The van der Waals surface area contributed by atoms with Crippen molar-refractivity contribution < 1.29 is 9.90 Å². The SMILES string of the molecule is O=C(c1cncnc1)N1CCC(CO)C1. The molecule has 2 heterocycles. The maximum absolute atomic E-state index is 11.9. The van der Waals surface area contributed by atoms with Crippen LogP contribution in [-0.4, -0.2) is 45.6 Å². The molecule has 1 aliphatic heterocycles. The summed E-state index contributed by atoms with van der Waals surface area (Å²) in [6.07, 6.45) is 5.30. The van der Waals surface area contributed by atoms with Gasteiger partial charge in [-0.3, -0.25) is 4.79 Å². The van der Waals surface area contributed by atoms with E-state index in [2.05, 4.69) is 9.97 Å². The minimum absolute atomic E-state index is 0.0495. The third-order valence-electron chi connectivity index (χ3n) is 2.64. The van der Waals surface area contributed by atoms with Gasteiger partial charge in [0.2, 0.25) is 0 Å². The van der Waals surface area contributed by atoms with Crippen LogP contribution in [0.2, 0.25) is 0 Å². The maximum atomic E-state index is 11.9. The summed E-state index contributed by atoms with van der Waals surface area (Å²) < 4.78 is 0. The van der Waals surface area contributed by atoms with Gasteiger partial charge in [-0.05, 0) is 6.42 Å². The molecule has 80 valence electrons. The van der Waals surface area contributed by atoms with E-state index in [1.807, 2.05) is 0 Å². The number of likely N-dealkylation sites (tertiary alicyclic amines) is 1. The van der Waals surface area contributed by atoms with Crippen molar-refractivity contribution in [3.8, 4) is 0 Å². The van der Waals surface area contributed by atoms with E-state index in [1.165, 1.54) is 18.7 Å². The Morgan fingerprint density at radius 1 is 1.53 bits per heavy atom. The van der Waals surface area contributed by atoms with Crippen LogP contribution >= 0.6 is 0 Å². The molecule has 1 aromatic rings. The van der Waals surface area contributed by atoms with Crippen LogP contribution in [0.4, 0.5) is 0 Å². The van der Waals surface area contributed by atoms with Crippen LogP contribution < -0.4 is 0 Å². The number of aliphatic hydroxyl groups excluding tert-OH is 1. The van der Waals surface area contributed by atoms with Gasteiger partial charge in [0.25, 0.3) is 5.91 Å². The predicted octanol–water partition coefficient (Wildman–Crippen LogP) is -0.0690. The zero-order valence-electron chi connectivity index (χ0n) is 8.33. The van der Waals surface area contributed by atoms with Gasteiger partial charge >= 0.3 is 0 Å². The first-order chi connectivity index (χ1) is 7.31. The Labute approximate surface area is 87.8 Å². The fraction of sp³-hybridized carbons (Fsp3) is 0.500. The summed E-state index contributed by atoms with van der Waals surface area (Å²) in [6.45, 7) is 1.48. The number of hydrogen-bond donors (Lipinski definition) is 1. The van der Waals surface area contributed by atoms with E-state index in [1.54, 1.807) is 4.90 Å². The zero-order valence-corrected chi connectivity index (χ0v) is 8.33. The van der Waals surface area contributed by atoms with Gasteiger partial charge in [-0.25, -0.2) is 9.97 Å². The number of rotatable bonds is 2. The van der Waals surface area contributed by atoms with E-state index in [-0.39, 0.29) is 18.4 Å². The van der Waals surface area contributed by atoms with Crippen molar-refractivity contribution in [2.45, 2.75) is 6.42 Å². The van der Waals surface area contributed by atoms with Gasteiger partial charge in [-0.1, -0.05) is 0 Å². The molecular formula is C10H13N3O2. The summed E-state index contributed by atoms with van der Waals surface area (Å²) >= 11 is 0. The average Bonchev–Trinajstić information content (AvgIpc) is 2.78. The Morgan fingerprint density at radius 2 is 2.27 bits per heavy atom. The Hall–Kier alpha value is -1.49. The summed E-state index contributed by atoms with van der Waals surface area (Å²) in [5, 5.41) is 8.97. The molecule has 1 amide bonds. The molecule has 0 aromatic carbocycles. The van der Waals surface area contributed by atoms with Crippen LogP contribution in [0.15, 0.2) is 18.7 Å². The molecule has 1 aliphatic rings. The molecule has 1 unspecified atom stereocenters. The molecule has 15 heavy (non-hydrogen) atoms. The quantitative estimate of drug-likeness (QED) is 0.737. The number of nitrogens with zero attached hydrogens (tertiary/aromatic N) is 3. The first kappa shape index (κ1) is 10.0. The summed E-state index contributed by atoms with van der Waals surface area (Å²) in [7, 11) is 0. The maximum Gasteiger partial charge on any atom is 0.257 e. The van der Waals surface area contributed by atoms with Crippen molar-refractivity contribution >= 4 is 5.91 Å². The third-order valence-corrected chi connectivity index (χ3v) is 2.64. The topological polar surface area (TPSA) is 66.3 Å². The standard InChI is InChI=1S/C10H13N3O2/c14-6-8-1-2-13(5-8)10(15)9-3-11-7-12-4-9/h3-4,7-8,14H,1-2,5-6H2. The molecule has 0 aliphatic carbocycles.